The van der Waals surface area contributed by atoms with Crippen LogP contribution in [0.5, 0.6) is 0 Å². The largest absolute Gasteiger partial charge is 0.307 e. The zero-order valence-electron chi connectivity index (χ0n) is 16.0. The molecule has 0 radical (unpaired) electrons. The van der Waals surface area contributed by atoms with Gasteiger partial charge in [-0.05, 0) is 54.7 Å². The lowest BCUT2D eigenvalue weighted by atomic mass is 10.0. The Morgan fingerprint density at radius 3 is 1.86 bits per heavy atom. The van der Waals surface area contributed by atoms with Crippen molar-refractivity contribution in [2.75, 3.05) is 22.9 Å². The Morgan fingerprint density at radius 2 is 1.21 bits per heavy atom. The summed E-state index contributed by atoms with van der Waals surface area (Å²) in [4.78, 5) is 34.3. The number of nitrogens with zero attached hydrogens (tertiary/aromatic N) is 3. The second kappa shape index (κ2) is 7.17. The van der Waals surface area contributed by atoms with Crippen LogP contribution in [0.15, 0.2) is 66.7 Å². The van der Waals surface area contributed by atoms with Crippen molar-refractivity contribution in [2.45, 2.75) is 19.3 Å². The normalized spacial score (nSPS) is 15.0. The van der Waals surface area contributed by atoms with Gasteiger partial charge in [-0.15, -0.1) is 0 Å². The van der Waals surface area contributed by atoms with E-state index < -0.39 is 0 Å². The summed E-state index contributed by atoms with van der Waals surface area (Å²) in [6.07, 6.45) is 2.73. The topological polar surface area (TPSA) is 53.5 Å². The molecule has 1 aromatic heterocycles. The second-order valence-corrected chi connectivity index (χ2v) is 7.43. The molecule has 3 aromatic rings. The van der Waals surface area contributed by atoms with E-state index in [1.54, 1.807) is 28.0 Å². The van der Waals surface area contributed by atoms with E-state index >= 15 is 0 Å². The molecule has 144 valence electrons. The number of benzene rings is 2. The number of fused-ring (bicyclic) bond motifs is 2. The van der Waals surface area contributed by atoms with Crippen molar-refractivity contribution in [1.82, 2.24) is 4.98 Å². The maximum Gasteiger partial charge on any atom is 0.276 e. The predicted octanol–water partition coefficient (Wildman–Crippen LogP) is 3.88. The van der Waals surface area contributed by atoms with E-state index in [-0.39, 0.29) is 11.8 Å². The summed E-state index contributed by atoms with van der Waals surface area (Å²) in [5, 5.41) is 0. The smallest absolute Gasteiger partial charge is 0.276 e. The molecule has 0 fully saturated rings. The summed E-state index contributed by atoms with van der Waals surface area (Å²) >= 11 is 0. The van der Waals surface area contributed by atoms with Gasteiger partial charge in [-0.1, -0.05) is 42.5 Å². The van der Waals surface area contributed by atoms with Crippen molar-refractivity contribution in [2.24, 2.45) is 0 Å². The summed E-state index contributed by atoms with van der Waals surface area (Å²) in [7, 11) is 0. The Labute approximate surface area is 169 Å². The maximum absolute atomic E-state index is 13.2. The minimum Gasteiger partial charge on any atom is -0.307 e. The van der Waals surface area contributed by atoms with Gasteiger partial charge in [-0.3, -0.25) is 9.59 Å². The number of carbonyl (C=O) groups excluding carboxylic acids is 2. The van der Waals surface area contributed by atoms with E-state index in [1.165, 1.54) is 5.56 Å². The van der Waals surface area contributed by atoms with Gasteiger partial charge in [0.05, 0.1) is 0 Å². The van der Waals surface area contributed by atoms with Gasteiger partial charge in [0.15, 0.2) is 0 Å². The Morgan fingerprint density at radius 1 is 0.655 bits per heavy atom. The van der Waals surface area contributed by atoms with Gasteiger partial charge in [0.2, 0.25) is 0 Å². The number of rotatable bonds is 2. The molecule has 0 unspecified atom stereocenters. The van der Waals surface area contributed by atoms with Crippen molar-refractivity contribution in [3.8, 4) is 0 Å². The Hall–Kier alpha value is -3.47. The SMILES string of the molecule is O=C(c1cccc(C(=O)N2CCc3ccccc32)n1)N1CCCc2ccccc21. The summed E-state index contributed by atoms with van der Waals surface area (Å²) < 4.78 is 0. The number of anilines is 2. The Kier molecular flexibility index (Phi) is 4.35. The molecule has 5 rings (SSSR count). The lowest BCUT2D eigenvalue weighted by Gasteiger charge is -2.29. The molecule has 5 nitrogen and oxygen atoms in total. The summed E-state index contributed by atoms with van der Waals surface area (Å²) in [5.74, 6) is -0.322. The lowest BCUT2D eigenvalue weighted by Crippen LogP contribution is -2.36. The quantitative estimate of drug-likeness (QED) is 0.675. The van der Waals surface area contributed by atoms with Gasteiger partial charge in [-0.2, -0.15) is 0 Å². The van der Waals surface area contributed by atoms with Gasteiger partial charge >= 0.3 is 0 Å². The highest BCUT2D eigenvalue weighted by molar-refractivity contribution is 6.08. The minimum absolute atomic E-state index is 0.159. The van der Waals surface area contributed by atoms with E-state index in [1.807, 2.05) is 42.5 Å². The van der Waals surface area contributed by atoms with Crippen molar-refractivity contribution in [3.63, 3.8) is 0 Å². The molecule has 0 saturated heterocycles. The third-order valence-electron chi connectivity index (χ3n) is 5.68. The average molecular weight is 383 g/mol. The molecule has 0 bridgehead atoms. The van der Waals surface area contributed by atoms with Crippen molar-refractivity contribution in [3.05, 3.63) is 89.2 Å². The third-order valence-corrected chi connectivity index (χ3v) is 5.68. The number of hydrogen-bond acceptors (Lipinski definition) is 3. The first-order chi connectivity index (χ1) is 14.2. The van der Waals surface area contributed by atoms with E-state index in [2.05, 4.69) is 11.1 Å². The van der Waals surface area contributed by atoms with E-state index in [4.69, 9.17) is 0 Å². The molecule has 0 saturated carbocycles. The number of hydrogen-bond donors (Lipinski definition) is 0. The molecule has 0 aliphatic carbocycles. The highest BCUT2D eigenvalue weighted by atomic mass is 16.2. The first kappa shape index (κ1) is 17.6. The summed E-state index contributed by atoms with van der Waals surface area (Å²) in [6, 6.07) is 21.0. The molecule has 2 aromatic carbocycles. The van der Waals surface area contributed by atoms with Crippen LogP contribution in [0, 0.1) is 0 Å². The molecule has 5 heteroatoms. The van der Waals surface area contributed by atoms with Crippen LogP contribution >= 0.6 is 0 Å². The molecule has 2 aliphatic heterocycles. The molecule has 0 atom stereocenters. The zero-order chi connectivity index (χ0) is 19.8. The fraction of sp³-hybridized carbons (Fsp3) is 0.208. The lowest BCUT2D eigenvalue weighted by molar-refractivity contribution is 0.0978. The van der Waals surface area contributed by atoms with Gasteiger partial charge in [0, 0.05) is 24.5 Å². The third kappa shape index (κ3) is 3.09. The van der Waals surface area contributed by atoms with Gasteiger partial charge < -0.3 is 9.80 Å². The van der Waals surface area contributed by atoms with E-state index in [0.717, 1.165) is 36.2 Å². The number of para-hydroxylation sites is 2. The molecular formula is C24H21N3O2. The molecule has 0 spiro atoms. The number of pyridine rings is 1. The fourth-order valence-corrected chi connectivity index (χ4v) is 4.24. The van der Waals surface area contributed by atoms with Crippen LogP contribution in [-0.4, -0.2) is 29.9 Å². The van der Waals surface area contributed by atoms with E-state index in [9.17, 15) is 9.59 Å². The van der Waals surface area contributed by atoms with Crippen LogP contribution < -0.4 is 9.80 Å². The fourth-order valence-electron chi connectivity index (χ4n) is 4.24. The van der Waals surface area contributed by atoms with Crippen LogP contribution in [0.2, 0.25) is 0 Å². The van der Waals surface area contributed by atoms with Crippen molar-refractivity contribution in [1.29, 1.82) is 0 Å². The van der Waals surface area contributed by atoms with Crippen molar-refractivity contribution >= 4 is 23.2 Å². The first-order valence-electron chi connectivity index (χ1n) is 9.99. The molecule has 29 heavy (non-hydrogen) atoms. The van der Waals surface area contributed by atoms with Crippen LogP contribution in [0.25, 0.3) is 0 Å². The van der Waals surface area contributed by atoms with Crippen LogP contribution in [0.3, 0.4) is 0 Å². The molecule has 3 heterocycles. The predicted molar refractivity (Wildman–Crippen MR) is 112 cm³/mol. The number of aromatic nitrogens is 1. The number of carbonyl (C=O) groups is 2. The van der Waals surface area contributed by atoms with Gasteiger partial charge in [-0.25, -0.2) is 4.98 Å². The summed E-state index contributed by atoms with van der Waals surface area (Å²) in [6.45, 7) is 1.30. The summed E-state index contributed by atoms with van der Waals surface area (Å²) in [5.41, 5.74) is 4.82. The van der Waals surface area contributed by atoms with E-state index in [0.29, 0.717) is 24.5 Å². The molecule has 0 N–H and O–H groups in total. The highest BCUT2D eigenvalue weighted by Gasteiger charge is 2.28. The van der Waals surface area contributed by atoms with Gasteiger partial charge in [0.25, 0.3) is 11.8 Å². The highest BCUT2D eigenvalue weighted by Crippen LogP contribution is 2.30. The zero-order valence-corrected chi connectivity index (χ0v) is 16.0. The van der Waals surface area contributed by atoms with Crippen LogP contribution in [-0.2, 0) is 12.8 Å². The monoisotopic (exact) mass is 383 g/mol. The Balaban J connectivity index is 1.44. The Bertz CT molecular complexity index is 1110. The van der Waals surface area contributed by atoms with Crippen molar-refractivity contribution < 1.29 is 9.59 Å². The average Bonchev–Trinajstić information content (AvgIpc) is 3.22. The first-order valence-corrected chi connectivity index (χ1v) is 9.99. The maximum atomic E-state index is 13.2. The second-order valence-electron chi connectivity index (χ2n) is 7.43. The van der Waals surface area contributed by atoms with Crippen LogP contribution in [0.4, 0.5) is 11.4 Å². The number of aryl methyl sites for hydroxylation is 1. The van der Waals surface area contributed by atoms with Crippen LogP contribution in [0.1, 0.15) is 38.5 Å². The van der Waals surface area contributed by atoms with Gasteiger partial charge in [0.1, 0.15) is 11.4 Å². The standard InChI is InChI=1S/C24H21N3O2/c28-23(26-15-6-9-17-7-1-3-12-21(17)26)19-10-5-11-20(25-19)24(29)27-16-14-18-8-2-4-13-22(18)27/h1-5,7-8,10-13H,6,9,14-16H2. The molecule has 2 aliphatic rings. The molecule has 2 amide bonds. The number of amides is 2. The minimum atomic E-state index is -0.163. The molecular weight excluding hydrogens is 362 g/mol.